The van der Waals surface area contributed by atoms with Crippen LogP contribution in [0.5, 0.6) is 0 Å². The van der Waals surface area contributed by atoms with E-state index in [1.807, 2.05) is 0 Å². The minimum absolute atomic E-state index is 0.230. The molecule has 0 aromatic heterocycles. The Morgan fingerprint density at radius 2 is 1.68 bits per heavy atom. The molecular formula is C14H27N3O8. The molecule has 1 rings (SSSR count). The maximum absolute atomic E-state index is 10.1. The molecule has 0 saturated carbocycles. The second kappa shape index (κ2) is 13.2. The lowest BCUT2D eigenvalue weighted by atomic mass is 9.99. The monoisotopic (exact) mass is 365 g/mol. The van der Waals surface area contributed by atoms with E-state index in [2.05, 4.69) is 10.0 Å². The van der Waals surface area contributed by atoms with Crippen molar-refractivity contribution in [1.29, 1.82) is 0 Å². The molecule has 1 aliphatic heterocycles. The first-order valence-electron chi connectivity index (χ1n) is 7.97. The van der Waals surface area contributed by atoms with Crippen LogP contribution in [0, 0.1) is 0 Å². The Hall–Kier alpha value is -1.01. The first-order valence-corrected chi connectivity index (χ1v) is 7.97. The molecule has 0 spiro atoms. The molecule has 1 aliphatic rings. The summed E-state index contributed by atoms with van der Waals surface area (Å²) >= 11 is 0. The summed E-state index contributed by atoms with van der Waals surface area (Å²) in [5.74, 6) is 0. The van der Waals surface area contributed by atoms with Crippen molar-refractivity contribution in [3.8, 4) is 0 Å². The summed E-state index contributed by atoms with van der Waals surface area (Å²) in [5.41, 5.74) is 8.10. The van der Waals surface area contributed by atoms with E-state index in [-0.39, 0.29) is 19.8 Å². The van der Waals surface area contributed by atoms with Gasteiger partial charge in [0.05, 0.1) is 39.6 Å². The average Bonchev–Trinajstić information content (AvgIpc) is 2.63. The van der Waals surface area contributed by atoms with E-state index in [1.165, 1.54) is 14.2 Å². The molecule has 0 amide bonds. The van der Waals surface area contributed by atoms with E-state index in [1.54, 1.807) is 0 Å². The van der Waals surface area contributed by atoms with Crippen LogP contribution in [0.25, 0.3) is 10.4 Å². The van der Waals surface area contributed by atoms with Gasteiger partial charge in [-0.15, -0.1) is 0 Å². The van der Waals surface area contributed by atoms with Gasteiger partial charge in [0.2, 0.25) is 0 Å². The molecule has 11 nitrogen and oxygen atoms in total. The Balaban J connectivity index is 2.24. The second-order valence-electron chi connectivity index (χ2n) is 5.17. The third kappa shape index (κ3) is 7.40. The zero-order valence-electron chi connectivity index (χ0n) is 14.5. The molecule has 0 bridgehead atoms. The predicted octanol–water partition coefficient (Wildman–Crippen LogP) is -0.545. The largest absolute Gasteiger partial charge is 0.394 e. The number of aliphatic hydroxyl groups is 2. The molecule has 1 saturated heterocycles. The van der Waals surface area contributed by atoms with Crippen molar-refractivity contribution >= 4 is 0 Å². The van der Waals surface area contributed by atoms with E-state index in [4.69, 9.17) is 34.0 Å². The van der Waals surface area contributed by atoms with Crippen LogP contribution in [-0.2, 0) is 28.4 Å². The second-order valence-corrected chi connectivity index (χ2v) is 5.17. The summed E-state index contributed by atoms with van der Waals surface area (Å²) in [5, 5.41) is 22.7. The first-order chi connectivity index (χ1) is 12.2. The van der Waals surface area contributed by atoms with Crippen molar-refractivity contribution in [1.82, 2.24) is 0 Å². The molecule has 0 aromatic rings. The minimum atomic E-state index is -1.02. The van der Waals surface area contributed by atoms with Crippen molar-refractivity contribution in [3.05, 3.63) is 10.4 Å². The Labute approximate surface area is 146 Å². The average molecular weight is 365 g/mol. The van der Waals surface area contributed by atoms with E-state index in [9.17, 15) is 10.2 Å². The van der Waals surface area contributed by atoms with Crippen LogP contribution >= 0.6 is 0 Å². The molecule has 25 heavy (non-hydrogen) atoms. The van der Waals surface area contributed by atoms with Crippen molar-refractivity contribution in [2.45, 2.75) is 30.7 Å². The van der Waals surface area contributed by atoms with Crippen LogP contribution in [-0.4, -0.2) is 101 Å². The third-order valence-electron chi connectivity index (χ3n) is 3.62. The van der Waals surface area contributed by atoms with E-state index in [0.29, 0.717) is 26.4 Å². The molecule has 1 fully saturated rings. The number of aliphatic hydroxyl groups excluding tert-OH is 2. The van der Waals surface area contributed by atoms with Gasteiger partial charge in [0.15, 0.2) is 6.29 Å². The number of nitrogens with zero attached hydrogens (tertiary/aromatic N) is 3. The van der Waals surface area contributed by atoms with Gasteiger partial charge < -0.3 is 38.6 Å². The molecule has 146 valence electrons. The Morgan fingerprint density at radius 3 is 2.28 bits per heavy atom. The van der Waals surface area contributed by atoms with Crippen molar-refractivity contribution < 1.29 is 38.6 Å². The summed E-state index contributed by atoms with van der Waals surface area (Å²) in [4.78, 5) is 2.61. The van der Waals surface area contributed by atoms with Crippen molar-refractivity contribution in [2.24, 2.45) is 5.11 Å². The van der Waals surface area contributed by atoms with Crippen LogP contribution in [0.1, 0.15) is 0 Å². The molecule has 2 N–H and O–H groups in total. The van der Waals surface area contributed by atoms with Crippen LogP contribution < -0.4 is 0 Å². The number of azide groups is 1. The molecule has 11 heteroatoms. The standard InChI is InChI=1S/C14H27N3O8/c1-20-12-11(19)10(9-18)25-14(13(12)21-2)24-8-7-23-6-5-22-4-3-16-17-15/h10-14,18-19H,3-9H2,1-2H3/t10-,11-,12+,13+,14+/m1/s1. The van der Waals surface area contributed by atoms with Crippen LogP contribution in [0.2, 0.25) is 0 Å². The SMILES string of the molecule is CO[C@@H]1[C@@H](OCCOCCOCCN=[N+]=[N-])O[C@H](CO)[C@@H](O)[C@@H]1OC. The fourth-order valence-corrected chi connectivity index (χ4v) is 2.39. The Kier molecular flexibility index (Phi) is 11.7. The number of ether oxygens (including phenoxy) is 6. The number of hydrogen-bond donors (Lipinski definition) is 2. The van der Waals surface area contributed by atoms with Gasteiger partial charge in [0.25, 0.3) is 0 Å². The highest BCUT2D eigenvalue weighted by Crippen LogP contribution is 2.25. The highest BCUT2D eigenvalue weighted by Gasteiger charge is 2.46. The smallest absolute Gasteiger partial charge is 0.187 e. The van der Waals surface area contributed by atoms with Crippen LogP contribution in [0.4, 0.5) is 0 Å². The number of hydrogen-bond acceptors (Lipinski definition) is 9. The summed E-state index contributed by atoms with van der Waals surface area (Å²) in [6.45, 7) is 1.56. The fraction of sp³-hybridized carbons (Fsp3) is 1.00. The normalized spacial score (nSPS) is 29.4. The Bertz CT molecular complexity index is 396. The maximum atomic E-state index is 10.1. The quantitative estimate of drug-likeness (QED) is 0.191. The summed E-state index contributed by atoms with van der Waals surface area (Å²) in [7, 11) is 2.91. The molecule has 0 unspecified atom stereocenters. The van der Waals surface area contributed by atoms with Gasteiger partial charge in [-0.1, -0.05) is 5.11 Å². The third-order valence-corrected chi connectivity index (χ3v) is 3.62. The van der Waals surface area contributed by atoms with Crippen molar-refractivity contribution in [3.63, 3.8) is 0 Å². The highest BCUT2D eigenvalue weighted by atomic mass is 16.7. The molecule has 5 atom stereocenters. The van der Waals surface area contributed by atoms with Crippen LogP contribution in [0.15, 0.2) is 5.11 Å². The predicted molar refractivity (Wildman–Crippen MR) is 85.0 cm³/mol. The van der Waals surface area contributed by atoms with Gasteiger partial charge in [0, 0.05) is 25.7 Å². The highest BCUT2D eigenvalue weighted by molar-refractivity contribution is 4.90. The van der Waals surface area contributed by atoms with Gasteiger partial charge in [-0.25, -0.2) is 0 Å². The van der Waals surface area contributed by atoms with Gasteiger partial charge in [-0.3, -0.25) is 0 Å². The van der Waals surface area contributed by atoms with Crippen molar-refractivity contribution in [2.75, 3.05) is 60.4 Å². The number of methoxy groups -OCH3 is 2. The van der Waals surface area contributed by atoms with Gasteiger partial charge in [-0.2, -0.15) is 0 Å². The minimum Gasteiger partial charge on any atom is -0.394 e. The molecular weight excluding hydrogens is 338 g/mol. The zero-order chi connectivity index (χ0) is 18.5. The number of rotatable bonds is 13. The fourth-order valence-electron chi connectivity index (χ4n) is 2.39. The van der Waals surface area contributed by atoms with E-state index < -0.39 is 30.7 Å². The van der Waals surface area contributed by atoms with Gasteiger partial charge in [0.1, 0.15) is 24.4 Å². The molecule has 1 heterocycles. The summed E-state index contributed by atoms with van der Waals surface area (Å²) in [6, 6.07) is 0. The topological polar surface area (TPSA) is 145 Å². The van der Waals surface area contributed by atoms with E-state index in [0.717, 1.165) is 0 Å². The lowest BCUT2D eigenvalue weighted by Gasteiger charge is -2.42. The van der Waals surface area contributed by atoms with Crippen LogP contribution in [0.3, 0.4) is 0 Å². The van der Waals surface area contributed by atoms with Gasteiger partial charge >= 0.3 is 0 Å². The molecule has 0 aromatic carbocycles. The lowest BCUT2D eigenvalue weighted by Crippen LogP contribution is -2.60. The molecule has 0 radical (unpaired) electrons. The first kappa shape index (κ1) is 22.0. The molecule has 0 aliphatic carbocycles. The zero-order valence-corrected chi connectivity index (χ0v) is 14.5. The summed E-state index contributed by atoms with van der Waals surface area (Å²) in [6.07, 6.45) is -3.93. The maximum Gasteiger partial charge on any atom is 0.187 e. The van der Waals surface area contributed by atoms with Gasteiger partial charge in [-0.05, 0) is 5.53 Å². The summed E-state index contributed by atoms with van der Waals surface area (Å²) < 4.78 is 32.2. The Morgan fingerprint density at radius 1 is 1.04 bits per heavy atom. The van der Waals surface area contributed by atoms with E-state index >= 15 is 0 Å². The lowest BCUT2D eigenvalue weighted by molar-refractivity contribution is -0.310.